The smallest absolute Gasteiger partial charge is 0.258 e. The largest absolute Gasteiger partial charge is 0.472 e. The van der Waals surface area contributed by atoms with Crippen LogP contribution in [0.3, 0.4) is 0 Å². The van der Waals surface area contributed by atoms with Crippen LogP contribution in [0.4, 0.5) is 5.69 Å². The summed E-state index contributed by atoms with van der Waals surface area (Å²) in [5, 5.41) is 2.73. The molecule has 0 saturated heterocycles. The molecule has 0 saturated carbocycles. The van der Waals surface area contributed by atoms with Crippen molar-refractivity contribution in [3.8, 4) is 0 Å². The van der Waals surface area contributed by atoms with Gasteiger partial charge in [0.05, 0.1) is 11.8 Å². The zero-order chi connectivity index (χ0) is 15.5. The van der Waals surface area contributed by atoms with Crippen molar-refractivity contribution in [1.29, 1.82) is 0 Å². The molecule has 0 radical (unpaired) electrons. The molecule has 6 nitrogen and oxygen atoms in total. The molecule has 0 bridgehead atoms. The molecule has 1 aromatic carbocycles. The summed E-state index contributed by atoms with van der Waals surface area (Å²) >= 11 is 0. The Morgan fingerprint density at radius 1 is 1.14 bits per heavy atom. The van der Waals surface area contributed by atoms with Crippen LogP contribution >= 0.6 is 0 Å². The Morgan fingerprint density at radius 3 is 2.50 bits per heavy atom. The van der Waals surface area contributed by atoms with Crippen molar-refractivity contribution in [2.24, 2.45) is 7.05 Å². The third kappa shape index (κ3) is 2.67. The molecule has 0 aliphatic carbocycles. The van der Waals surface area contributed by atoms with E-state index in [9.17, 15) is 9.59 Å². The molecule has 0 spiro atoms. The first-order valence-electron chi connectivity index (χ1n) is 6.61. The minimum atomic E-state index is -0.267. The molecule has 3 aromatic rings. The molecule has 1 N–H and O–H groups in total. The number of carbonyl (C=O) groups is 2. The van der Waals surface area contributed by atoms with Crippen LogP contribution < -0.4 is 5.32 Å². The molecule has 2 aromatic heterocycles. The third-order valence-electron chi connectivity index (χ3n) is 3.21. The molecule has 0 aliphatic rings. The van der Waals surface area contributed by atoms with E-state index in [-0.39, 0.29) is 11.7 Å². The highest BCUT2D eigenvalue weighted by Crippen LogP contribution is 2.14. The minimum Gasteiger partial charge on any atom is -0.472 e. The maximum absolute atomic E-state index is 12.3. The number of nitrogens with zero attached hydrogens (tertiary/aromatic N) is 2. The molecular weight excluding hydrogens is 282 g/mol. The Kier molecular flexibility index (Phi) is 3.57. The van der Waals surface area contributed by atoms with E-state index in [1.165, 1.54) is 12.5 Å². The number of nitrogens with one attached hydrogen (secondary N) is 1. The average molecular weight is 295 g/mol. The number of furan rings is 1. The number of ketones is 1. The van der Waals surface area contributed by atoms with Crippen molar-refractivity contribution in [3.05, 3.63) is 72.2 Å². The predicted octanol–water partition coefficient (Wildman–Crippen LogP) is 2.50. The molecule has 110 valence electrons. The van der Waals surface area contributed by atoms with Crippen LogP contribution in [-0.2, 0) is 7.05 Å². The topological polar surface area (TPSA) is 77.1 Å². The lowest BCUT2D eigenvalue weighted by molar-refractivity contribution is 0.101. The third-order valence-corrected chi connectivity index (χ3v) is 3.21. The summed E-state index contributed by atoms with van der Waals surface area (Å²) in [6, 6.07) is 8.24. The van der Waals surface area contributed by atoms with Gasteiger partial charge >= 0.3 is 0 Å². The standard InChI is InChI=1S/C16H13N3O3/c1-19-8-7-17-15(19)14(20)11-2-4-13(5-3-11)18-16(21)12-6-9-22-10-12/h2-10H,1H3,(H,18,21). The van der Waals surface area contributed by atoms with Gasteiger partial charge in [0.25, 0.3) is 5.91 Å². The number of benzene rings is 1. The normalized spacial score (nSPS) is 10.4. The maximum atomic E-state index is 12.3. The van der Waals surface area contributed by atoms with Gasteiger partial charge in [-0.15, -0.1) is 0 Å². The first-order valence-corrected chi connectivity index (χ1v) is 6.61. The highest BCUT2D eigenvalue weighted by molar-refractivity contribution is 6.07. The van der Waals surface area contributed by atoms with Crippen LogP contribution in [-0.4, -0.2) is 21.2 Å². The van der Waals surface area contributed by atoms with Gasteiger partial charge in [-0.2, -0.15) is 0 Å². The minimum absolute atomic E-state index is 0.166. The summed E-state index contributed by atoms with van der Waals surface area (Å²) in [6.45, 7) is 0. The first kappa shape index (κ1) is 13.8. The summed E-state index contributed by atoms with van der Waals surface area (Å²) in [7, 11) is 1.76. The monoisotopic (exact) mass is 295 g/mol. The molecule has 6 heteroatoms. The fourth-order valence-electron chi connectivity index (χ4n) is 2.02. The maximum Gasteiger partial charge on any atom is 0.258 e. The van der Waals surface area contributed by atoms with Crippen LogP contribution in [0.15, 0.2) is 59.7 Å². The van der Waals surface area contributed by atoms with Crippen LogP contribution in [0.2, 0.25) is 0 Å². The van der Waals surface area contributed by atoms with Gasteiger partial charge in [0.1, 0.15) is 6.26 Å². The second-order valence-electron chi connectivity index (χ2n) is 4.73. The van der Waals surface area contributed by atoms with Gasteiger partial charge in [0.15, 0.2) is 5.82 Å². The number of hydrogen-bond acceptors (Lipinski definition) is 4. The number of aromatic nitrogens is 2. The Morgan fingerprint density at radius 2 is 1.91 bits per heavy atom. The Bertz CT molecular complexity index is 802. The molecule has 0 atom stereocenters. The van der Waals surface area contributed by atoms with E-state index >= 15 is 0 Å². The van der Waals surface area contributed by atoms with Crippen LogP contribution in [0.1, 0.15) is 26.5 Å². The van der Waals surface area contributed by atoms with Crippen molar-refractivity contribution in [3.63, 3.8) is 0 Å². The second-order valence-corrected chi connectivity index (χ2v) is 4.73. The van der Waals surface area contributed by atoms with Gasteiger partial charge in [0.2, 0.25) is 5.78 Å². The van der Waals surface area contributed by atoms with Gasteiger partial charge in [-0.25, -0.2) is 4.98 Å². The number of anilines is 1. The number of aryl methyl sites for hydroxylation is 1. The fraction of sp³-hybridized carbons (Fsp3) is 0.0625. The van der Waals surface area contributed by atoms with E-state index in [2.05, 4.69) is 10.3 Å². The van der Waals surface area contributed by atoms with Crippen molar-refractivity contribution in [1.82, 2.24) is 9.55 Å². The van der Waals surface area contributed by atoms with Crippen molar-refractivity contribution in [2.75, 3.05) is 5.32 Å². The van der Waals surface area contributed by atoms with Crippen LogP contribution in [0.5, 0.6) is 0 Å². The van der Waals surface area contributed by atoms with E-state index < -0.39 is 0 Å². The van der Waals surface area contributed by atoms with Gasteiger partial charge in [-0.3, -0.25) is 9.59 Å². The fourth-order valence-corrected chi connectivity index (χ4v) is 2.02. The molecule has 22 heavy (non-hydrogen) atoms. The second kappa shape index (κ2) is 5.69. The quantitative estimate of drug-likeness (QED) is 0.750. The predicted molar refractivity (Wildman–Crippen MR) is 79.7 cm³/mol. The Labute approximate surface area is 126 Å². The molecule has 0 fully saturated rings. The average Bonchev–Trinajstić information content (AvgIpc) is 3.18. The lowest BCUT2D eigenvalue weighted by Gasteiger charge is -2.05. The van der Waals surface area contributed by atoms with E-state index in [1.54, 1.807) is 54.3 Å². The van der Waals surface area contributed by atoms with Crippen LogP contribution in [0.25, 0.3) is 0 Å². The molecular formula is C16H13N3O3. The molecule has 1 amide bonds. The van der Waals surface area contributed by atoms with E-state index in [4.69, 9.17) is 4.42 Å². The highest BCUT2D eigenvalue weighted by Gasteiger charge is 2.14. The Balaban J connectivity index is 1.74. The number of hydrogen-bond donors (Lipinski definition) is 1. The first-order chi connectivity index (χ1) is 10.6. The van der Waals surface area contributed by atoms with Gasteiger partial charge < -0.3 is 14.3 Å². The number of carbonyl (C=O) groups excluding carboxylic acids is 2. The number of amides is 1. The van der Waals surface area contributed by atoms with E-state index in [0.29, 0.717) is 22.6 Å². The highest BCUT2D eigenvalue weighted by atomic mass is 16.3. The van der Waals surface area contributed by atoms with Gasteiger partial charge in [0, 0.05) is 30.7 Å². The summed E-state index contributed by atoms with van der Waals surface area (Å²) < 4.78 is 6.53. The van der Waals surface area contributed by atoms with Crippen molar-refractivity contribution in [2.45, 2.75) is 0 Å². The molecule has 0 aliphatic heterocycles. The Hall–Kier alpha value is -3.15. The summed E-state index contributed by atoms with van der Waals surface area (Å²) in [5.74, 6) is -0.0627. The van der Waals surface area contributed by atoms with E-state index in [1.807, 2.05) is 0 Å². The lowest BCUT2D eigenvalue weighted by Crippen LogP contribution is -2.11. The van der Waals surface area contributed by atoms with Gasteiger partial charge in [-0.1, -0.05) is 0 Å². The number of imidazole rings is 1. The van der Waals surface area contributed by atoms with Crippen molar-refractivity contribution < 1.29 is 14.0 Å². The van der Waals surface area contributed by atoms with Gasteiger partial charge in [-0.05, 0) is 30.3 Å². The van der Waals surface area contributed by atoms with E-state index in [0.717, 1.165) is 0 Å². The zero-order valence-electron chi connectivity index (χ0n) is 11.8. The molecule has 3 rings (SSSR count). The zero-order valence-corrected chi connectivity index (χ0v) is 11.8. The molecule has 2 heterocycles. The number of rotatable bonds is 4. The lowest BCUT2D eigenvalue weighted by atomic mass is 10.1. The summed E-state index contributed by atoms with van der Waals surface area (Å²) in [4.78, 5) is 28.2. The summed E-state index contributed by atoms with van der Waals surface area (Å²) in [5.41, 5.74) is 1.55. The SMILES string of the molecule is Cn1ccnc1C(=O)c1ccc(NC(=O)c2ccoc2)cc1. The summed E-state index contributed by atoms with van der Waals surface area (Å²) in [6.07, 6.45) is 6.09. The van der Waals surface area contributed by atoms with Crippen molar-refractivity contribution >= 4 is 17.4 Å². The van der Waals surface area contributed by atoms with Crippen LogP contribution in [0, 0.1) is 0 Å². The molecule has 0 unspecified atom stereocenters.